The molecule has 0 saturated carbocycles. The molecule has 1 amide bonds. The summed E-state index contributed by atoms with van der Waals surface area (Å²) < 4.78 is 13.1. The molecule has 108 valence electrons. The lowest BCUT2D eigenvalue weighted by molar-refractivity contribution is -0.135. The molecule has 0 radical (unpaired) electrons. The van der Waals surface area contributed by atoms with Crippen LogP contribution in [0.3, 0.4) is 0 Å². The molecule has 0 aliphatic carbocycles. The van der Waals surface area contributed by atoms with Crippen LogP contribution >= 0.6 is 0 Å². The molecule has 6 heteroatoms. The Kier molecular flexibility index (Phi) is 4.27. The summed E-state index contributed by atoms with van der Waals surface area (Å²) >= 11 is 0. The Bertz CT molecular complexity index is 671. The highest BCUT2D eigenvalue weighted by molar-refractivity contribution is 6.08. The van der Waals surface area contributed by atoms with E-state index in [4.69, 9.17) is 5.11 Å². The number of carbonyl (C=O) groups excluding carboxylic acids is 1. The molecule has 1 heterocycles. The van der Waals surface area contributed by atoms with Gasteiger partial charge in [-0.2, -0.15) is 4.39 Å². The molecule has 2 rings (SSSR count). The van der Waals surface area contributed by atoms with Gasteiger partial charge in [0.1, 0.15) is 6.54 Å². The molecule has 0 aliphatic heterocycles. The Morgan fingerprint density at radius 1 is 1.24 bits per heavy atom. The number of hydrogen-bond acceptors (Lipinski definition) is 3. The number of nitrogens with zero attached hydrogens (tertiary/aromatic N) is 2. The summed E-state index contributed by atoms with van der Waals surface area (Å²) in [5, 5.41) is 8.97. The van der Waals surface area contributed by atoms with Gasteiger partial charge in [0.2, 0.25) is 5.95 Å². The first-order valence-electron chi connectivity index (χ1n) is 6.19. The number of aliphatic carboxylic acids is 1. The van der Waals surface area contributed by atoms with Crippen molar-refractivity contribution in [3.8, 4) is 0 Å². The van der Waals surface area contributed by atoms with Crippen molar-refractivity contribution >= 4 is 17.6 Å². The van der Waals surface area contributed by atoms with Crippen molar-refractivity contribution in [2.45, 2.75) is 6.92 Å². The van der Waals surface area contributed by atoms with Crippen molar-refractivity contribution in [1.82, 2.24) is 4.98 Å². The van der Waals surface area contributed by atoms with E-state index in [1.165, 1.54) is 6.07 Å². The topological polar surface area (TPSA) is 70.5 Å². The van der Waals surface area contributed by atoms with Crippen LogP contribution in [0.15, 0.2) is 42.6 Å². The van der Waals surface area contributed by atoms with E-state index in [1.54, 1.807) is 24.3 Å². The maximum atomic E-state index is 13.1. The normalized spacial score (nSPS) is 10.2. The van der Waals surface area contributed by atoms with Crippen molar-refractivity contribution in [3.05, 3.63) is 59.7 Å². The minimum Gasteiger partial charge on any atom is -0.480 e. The van der Waals surface area contributed by atoms with Crippen LogP contribution in [-0.2, 0) is 4.79 Å². The van der Waals surface area contributed by atoms with Gasteiger partial charge >= 0.3 is 5.97 Å². The number of rotatable bonds is 4. The van der Waals surface area contributed by atoms with Crippen LogP contribution < -0.4 is 4.90 Å². The van der Waals surface area contributed by atoms with Gasteiger partial charge < -0.3 is 5.11 Å². The number of carboxylic acid groups (broad SMARTS) is 1. The fraction of sp³-hybridized carbons (Fsp3) is 0.133. The largest absolute Gasteiger partial charge is 0.480 e. The van der Waals surface area contributed by atoms with Crippen LogP contribution in [0, 0.1) is 12.9 Å². The summed E-state index contributed by atoms with van der Waals surface area (Å²) in [4.78, 5) is 27.8. The lowest BCUT2D eigenvalue weighted by atomic mass is 10.2. The first-order chi connectivity index (χ1) is 9.97. The van der Waals surface area contributed by atoms with Crippen molar-refractivity contribution in [2.75, 3.05) is 11.4 Å². The zero-order valence-corrected chi connectivity index (χ0v) is 11.3. The maximum Gasteiger partial charge on any atom is 0.323 e. The van der Waals surface area contributed by atoms with Gasteiger partial charge in [-0.25, -0.2) is 4.98 Å². The molecule has 0 atom stereocenters. The molecular formula is C15H13FN2O3. The average Bonchev–Trinajstić information content (AvgIpc) is 2.45. The van der Waals surface area contributed by atoms with Crippen LogP contribution in [0.5, 0.6) is 0 Å². The molecule has 0 unspecified atom stereocenters. The zero-order valence-electron chi connectivity index (χ0n) is 11.3. The second kappa shape index (κ2) is 6.13. The van der Waals surface area contributed by atoms with Crippen LogP contribution in [0.4, 0.5) is 10.1 Å². The van der Waals surface area contributed by atoms with E-state index in [-0.39, 0.29) is 5.56 Å². The predicted octanol–water partition coefficient (Wildman–Crippen LogP) is 2.26. The summed E-state index contributed by atoms with van der Waals surface area (Å²) in [6.45, 7) is 1.37. The summed E-state index contributed by atoms with van der Waals surface area (Å²) in [6, 6.07) is 9.15. The molecule has 5 nitrogen and oxygen atoms in total. The molecule has 21 heavy (non-hydrogen) atoms. The number of carbonyl (C=O) groups is 2. The number of aryl methyl sites for hydroxylation is 1. The molecule has 0 fully saturated rings. The highest BCUT2D eigenvalue weighted by atomic mass is 19.1. The van der Waals surface area contributed by atoms with Gasteiger partial charge in [0.15, 0.2) is 0 Å². The summed E-state index contributed by atoms with van der Waals surface area (Å²) in [5.41, 5.74) is 1.46. The smallest absolute Gasteiger partial charge is 0.323 e. The maximum absolute atomic E-state index is 13.1. The Balaban J connectivity index is 2.38. The number of carboxylic acids is 1. The quantitative estimate of drug-likeness (QED) is 0.876. The molecule has 1 aromatic heterocycles. The van der Waals surface area contributed by atoms with E-state index in [0.717, 1.165) is 22.7 Å². The summed E-state index contributed by atoms with van der Waals surface area (Å²) in [7, 11) is 0. The van der Waals surface area contributed by atoms with Crippen LogP contribution in [0.25, 0.3) is 0 Å². The van der Waals surface area contributed by atoms with Crippen LogP contribution in [0.1, 0.15) is 15.9 Å². The van der Waals surface area contributed by atoms with Gasteiger partial charge in [0.25, 0.3) is 5.91 Å². The van der Waals surface area contributed by atoms with Gasteiger partial charge in [0, 0.05) is 23.5 Å². The molecular weight excluding hydrogens is 275 g/mol. The standard InChI is InChI=1S/C15H13FN2O3/c1-10-2-4-12(5-3-10)18(9-14(19)20)15(21)11-6-7-17-13(16)8-11/h2-8H,9H2,1H3,(H,19,20). The lowest BCUT2D eigenvalue weighted by Gasteiger charge is -2.21. The highest BCUT2D eigenvalue weighted by Crippen LogP contribution is 2.18. The number of aromatic nitrogens is 1. The fourth-order valence-electron chi connectivity index (χ4n) is 1.83. The highest BCUT2D eigenvalue weighted by Gasteiger charge is 2.20. The second-order valence-corrected chi connectivity index (χ2v) is 4.49. The predicted molar refractivity (Wildman–Crippen MR) is 74.7 cm³/mol. The van der Waals surface area contributed by atoms with E-state index in [0.29, 0.717) is 5.69 Å². The van der Waals surface area contributed by atoms with Crippen LogP contribution in [0.2, 0.25) is 0 Å². The van der Waals surface area contributed by atoms with Crippen molar-refractivity contribution in [2.24, 2.45) is 0 Å². The first kappa shape index (κ1) is 14.6. The first-order valence-corrected chi connectivity index (χ1v) is 6.19. The SMILES string of the molecule is Cc1ccc(N(CC(=O)O)C(=O)c2ccnc(F)c2)cc1. The van der Waals surface area contributed by atoms with E-state index >= 15 is 0 Å². The molecule has 2 aromatic rings. The Labute approximate surface area is 120 Å². The lowest BCUT2D eigenvalue weighted by Crippen LogP contribution is -2.35. The van der Waals surface area contributed by atoms with E-state index in [1.807, 2.05) is 6.92 Å². The average molecular weight is 288 g/mol. The number of halogens is 1. The van der Waals surface area contributed by atoms with Gasteiger partial charge in [0.05, 0.1) is 0 Å². The summed E-state index contributed by atoms with van der Waals surface area (Å²) in [5.74, 6) is -2.54. The fourth-order valence-corrected chi connectivity index (χ4v) is 1.83. The third-order valence-electron chi connectivity index (χ3n) is 2.86. The molecule has 1 N–H and O–H groups in total. The molecule has 0 aliphatic rings. The summed E-state index contributed by atoms with van der Waals surface area (Å²) in [6.07, 6.45) is 1.16. The molecule has 1 aromatic carbocycles. The Morgan fingerprint density at radius 3 is 2.48 bits per heavy atom. The molecule has 0 saturated heterocycles. The minimum absolute atomic E-state index is 0.0457. The van der Waals surface area contributed by atoms with E-state index in [9.17, 15) is 14.0 Å². The minimum atomic E-state index is -1.15. The Hall–Kier alpha value is -2.76. The van der Waals surface area contributed by atoms with E-state index < -0.39 is 24.4 Å². The number of anilines is 1. The second-order valence-electron chi connectivity index (χ2n) is 4.49. The number of hydrogen-bond donors (Lipinski definition) is 1. The van der Waals surface area contributed by atoms with Crippen molar-refractivity contribution in [3.63, 3.8) is 0 Å². The monoisotopic (exact) mass is 288 g/mol. The Morgan fingerprint density at radius 2 is 1.90 bits per heavy atom. The molecule has 0 bridgehead atoms. The van der Waals surface area contributed by atoms with Gasteiger partial charge in [-0.05, 0) is 25.1 Å². The number of benzene rings is 1. The van der Waals surface area contributed by atoms with E-state index in [2.05, 4.69) is 4.98 Å². The van der Waals surface area contributed by atoms with Crippen molar-refractivity contribution < 1.29 is 19.1 Å². The van der Waals surface area contributed by atoms with Crippen molar-refractivity contribution in [1.29, 1.82) is 0 Å². The van der Waals surface area contributed by atoms with Crippen LogP contribution in [-0.4, -0.2) is 28.5 Å². The zero-order chi connectivity index (χ0) is 15.4. The van der Waals surface area contributed by atoms with Gasteiger partial charge in [-0.1, -0.05) is 17.7 Å². The molecule has 0 spiro atoms. The number of amides is 1. The third-order valence-corrected chi connectivity index (χ3v) is 2.86. The van der Waals surface area contributed by atoms with Gasteiger partial charge in [-0.15, -0.1) is 0 Å². The third kappa shape index (κ3) is 3.62. The number of pyridine rings is 1. The van der Waals surface area contributed by atoms with Gasteiger partial charge in [-0.3, -0.25) is 14.5 Å².